The Labute approximate surface area is 233 Å². The molecule has 1 aliphatic heterocycles. The quantitative estimate of drug-likeness (QED) is 0.379. The molecule has 0 unspecified atom stereocenters. The Balaban J connectivity index is 1.68. The van der Waals surface area contributed by atoms with Gasteiger partial charge in [0.25, 0.3) is 11.8 Å². The van der Waals surface area contributed by atoms with Crippen molar-refractivity contribution in [1.82, 2.24) is 9.80 Å². The van der Waals surface area contributed by atoms with E-state index in [4.69, 9.17) is 4.74 Å². The van der Waals surface area contributed by atoms with Gasteiger partial charge in [-0.2, -0.15) is 0 Å². The lowest BCUT2D eigenvalue weighted by molar-refractivity contribution is 0.0599. The Kier molecular flexibility index (Phi) is 9.45. The van der Waals surface area contributed by atoms with Crippen LogP contribution in [0.4, 0.5) is 0 Å². The maximum atomic E-state index is 14.1. The number of ether oxygens (including phenoxy) is 1. The lowest BCUT2D eigenvalue weighted by atomic mass is 9.86. The molecule has 5 nitrogen and oxygen atoms in total. The number of para-hydroxylation sites is 1. The van der Waals surface area contributed by atoms with Gasteiger partial charge in [0.15, 0.2) is 0 Å². The number of carbonyl (C=O) groups is 2. The zero-order chi connectivity index (χ0) is 27.8. The highest BCUT2D eigenvalue weighted by Gasteiger charge is 2.27. The van der Waals surface area contributed by atoms with Crippen LogP contribution in [0.3, 0.4) is 0 Å². The summed E-state index contributed by atoms with van der Waals surface area (Å²) in [6, 6.07) is 25.6. The molecular formula is C34H42N2O3. The first kappa shape index (κ1) is 28.4. The van der Waals surface area contributed by atoms with Gasteiger partial charge in [0.05, 0.1) is 11.6 Å². The van der Waals surface area contributed by atoms with Gasteiger partial charge in [-0.3, -0.25) is 9.59 Å². The standard InChI is InChI=1S/C34H42N2O3/c1-34(2,3)28-20-18-27(19-21-28)32(37)36-23-13-6-5-12-22-35(4)33(38)30-16-10-11-17-31(30)39-25-29(36)24-26-14-8-7-9-15-26/h7-11,14-21,29H,5-6,12-13,22-25H2,1-4H3/t29-/m1/s1. The van der Waals surface area contributed by atoms with Gasteiger partial charge in [-0.05, 0) is 60.1 Å². The molecule has 206 valence electrons. The van der Waals surface area contributed by atoms with Crippen molar-refractivity contribution in [1.29, 1.82) is 0 Å². The van der Waals surface area contributed by atoms with Gasteiger partial charge in [-0.15, -0.1) is 0 Å². The number of carbonyl (C=O) groups excluding carboxylic acids is 2. The molecule has 4 rings (SSSR count). The van der Waals surface area contributed by atoms with Crippen molar-refractivity contribution in [2.24, 2.45) is 0 Å². The van der Waals surface area contributed by atoms with Crippen molar-refractivity contribution >= 4 is 11.8 Å². The molecule has 0 fully saturated rings. The van der Waals surface area contributed by atoms with E-state index in [-0.39, 0.29) is 23.3 Å². The molecule has 1 heterocycles. The van der Waals surface area contributed by atoms with Gasteiger partial charge >= 0.3 is 0 Å². The first-order valence-electron chi connectivity index (χ1n) is 14.2. The van der Waals surface area contributed by atoms with E-state index in [0.717, 1.165) is 31.2 Å². The summed E-state index contributed by atoms with van der Waals surface area (Å²) < 4.78 is 6.37. The average Bonchev–Trinajstić information content (AvgIpc) is 2.94. The monoisotopic (exact) mass is 526 g/mol. The van der Waals surface area contributed by atoms with Crippen molar-refractivity contribution in [2.75, 3.05) is 26.7 Å². The first-order chi connectivity index (χ1) is 18.7. The third kappa shape index (κ3) is 7.50. The fourth-order valence-corrected chi connectivity index (χ4v) is 5.12. The molecule has 0 bridgehead atoms. The van der Waals surface area contributed by atoms with Crippen LogP contribution in [-0.4, -0.2) is 54.4 Å². The molecule has 1 aliphatic rings. The summed E-state index contributed by atoms with van der Waals surface area (Å²) in [5, 5.41) is 0. The number of amides is 2. The van der Waals surface area contributed by atoms with Crippen molar-refractivity contribution in [3.8, 4) is 5.75 Å². The summed E-state index contributed by atoms with van der Waals surface area (Å²) in [4.78, 5) is 31.1. The lowest BCUT2D eigenvalue weighted by Crippen LogP contribution is -2.45. The topological polar surface area (TPSA) is 49.9 Å². The van der Waals surface area contributed by atoms with E-state index in [0.29, 0.717) is 43.0 Å². The summed E-state index contributed by atoms with van der Waals surface area (Å²) in [6.45, 7) is 8.20. The smallest absolute Gasteiger partial charge is 0.257 e. The van der Waals surface area contributed by atoms with Gasteiger partial charge in [0.1, 0.15) is 12.4 Å². The van der Waals surface area contributed by atoms with Crippen LogP contribution in [0.15, 0.2) is 78.9 Å². The van der Waals surface area contributed by atoms with Crippen molar-refractivity contribution < 1.29 is 14.3 Å². The maximum absolute atomic E-state index is 14.1. The van der Waals surface area contributed by atoms with Gasteiger partial charge in [-0.25, -0.2) is 0 Å². The second kappa shape index (κ2) is 13.0. The summed E-state index contributed by atoms with van der Waals surface area (Å²) in [7, 11) is 1.86. The lowest BCUT2D eigenvalue weighted by Gasteiger charge is -2.33. The Morgan fingerprint density at radius 2 is 1.49 bits per heavy atom. The zero-order valence-corrected chi connectivity index (χ0v) is 23.9. The van der Waals surface area contributed by atoms with E-state index in [1.807, 2.05) is 66.5 Å². The Morgan fingerprint density at radius 1 is 0.846 bits per heavy atom. The molecule has 0 N–H and O–H groups in total. The molecule has 0 saturated carbocycles. The maximum Gasteiger partial charge on any atom is 0.257 e. The number of nitrogens with zero attached hydrogens (tertiary/aromatic N) is 2. The fourth-order valence-electron chi connectivity index (χ4n) is 5.12. The molecule has 5 heteroatoms. The predicted molar refractivity (Wildman–Crippen MR) is 157 cm³/mol. The van der Waals surface area contributed by atoms with Crippen LogP contribution >= 0.6 is 0 Å². The van der Waals surface area contributed by atoms with E-state index in [1.54, 1.807) is 4.90 Å². The normalized spacial score (nSPS) is 17.6. The van der Waals surface area contributed by atoms with Crippen molar-refractivity contribution in [3.63, 3.8) is 0 Å². The van der Waals surface area contributed by atoms with E-state index in [9.17, 15) is 9.59 Å². The molecule has 0 aliphatic carbocycles. The molecule has 0 spiro atoms. The van der Waals surface area contributed by atoms with Crippen LogP contribution in [0.5, 0.6) is 5.75 Å². The van der Waals surface area contributed by atoms with E-state index >= 15 is 0 Å². The molecule has 0 saturated heterocycles. The molecule has 1 atom stereocenters. The Morgan fingerprint density at radius 3 is 2.18 bits per heavy atom. The van der Waals surface area contributed by atoms with E-state index in [1.165, 1.54) is 5.56 Å². The number of fused-ring (bicyclic) bond motifs is 1. The summed E-state index contributed by atoms with van der Waals surface area (Å²) in [5.74, 6) is 0.553. The average molecular weight is 527 g/mol. The molecule has 0 aromatic heterocycles. The molecular weight excluding hydrogens is 484 g/mol. The van der Waals surface area contributed by atoms with Crippen LogP contribution in [0.25, 0.3) is 0 Å². The summed E-state index contributed by atoms with van der Waals surface area (Å²) in [6.07, 6.45) is 4.53. The highest BCUT2D eigenvalue weighted by atomic mass is 16.5. The number of hydrogen-bond donors (Lipinski definition) is 0. The minimum Gasteiger partial charge on any atom is -0.491 e. The highest BCUT2D eigenvalue weighted by molar-refractivity contribution is 5.97. The van der Waals surface area contributed by atoms with E-state index in [2.05, 4.69) is 45.0 Å². The molecule has 3 aromatic rings. The minimum absolute atomic E-state index is 0.0226. The van der Waals surface area contributed by atoms with Crippen molar-refractivity contribution in [3.05, 3.63) is 101 Å². The third-order valence-corrected chi connectivity index (χ3v) is 7.55. The zero-order valence-electron chi connectivity index (χ0n) is 23.9. The SMILES string of the molecule is CN1CCCCCCN(C(=O)c2ccc(C(C)(C)C)cc2)[C@H](Cc2ccccc2)COc2ccccc2C1=O. The van der Waals surface area contributed by atoms with Gasteiger partial charge in [0, 0.05) is 25.7 Å². The van der Waals surface area contributed by atoms with Crippen LogP contribution < -0.4 is 4.74 Å². The minimum atomic E-state index is -0.189. The van der Waals surface area contributed by atoms with E-state index < -0.39 is 0 Å². The summed E-state index contributed by atoms with van der Waals surface area (Å²) >= 11 is 0. The molecule has 2 amide bonds. The fraction of sp³-hybridized carbons (Fsp3) is 0.412. The van der Waals surface area contributed by atoms with Gasteiger partial charge in [-0.1, -0.05) is 88.2 Å². The third-order valence-electron chi connectivity index (χ3n) is 7.55. The Bertz CT molecular complexity index is 1230. The van der Waals surface area contributed by atoms with Crippen LogP contribution in [0, 0.1) is 0 Å². The van der Waals surface area contributed by atoms with Crippen LogP contribution in [0.2, 0.25) is 0 Å². The predicted octanol–water partition coefficient (Wildman–Crippen LogP) is 6.76. The summed E-state index contributed by atoms with van der Waals surface area (Å²) in [5.41, 5.74) is 3.63. The largest absolute Gasteiger partial charge is 0.491 e. The van der Waals surface area contributed by atoms with Crippen molar-refractivity contribution in [2.45, 2.75) is 64.3 Å². The van der Waals surface area contributed by atoms with Crippen LogP contribution in [0.1, 0.15) is 78.3 Å². The van der Waals surface area contributed by atoms with Gasteiger partial charge in [0.2, 0.25) is 0 Å². The number of hydrogen-bond acceptors (Lipinski definition) is 3. The highest BCUT2D eigenvalue weighted by Crippen LogP contribution is 2.25. The van der Waals surface area contributed by atoms with Gasteiger partial charge < -0.3 is 14.5 Å². The molecule has 0 radical (unpaired) electrons. The molecule has 3 aromatic carbocycles. The first-order valence-corrected chi connectivity index (χ1v) is 14.2. The number of benzene rings is 3. The number of rotatable bonds is 3. The molecule has 39 heavy (non-hydrogen) atoms. The second-order valence-corrected chi connectivity index (χ2v) is 11.6. The Hall–Kier alpha value is -3.60. The second-order valence-electron chi connectivity index (χ2n) is 11.6. The van der Waals surface area contributed by atoms with Crippen LogP contribution in [-0.2, 0) is 11.8 Å².